The summed E-state index contributed by atoms with van der Waals surface area (Å²) < 4.78 is 16.3. The second kappa shape index (κ2) is 9.35. The summed E-state index contributed by atoms with van der Waals surface area (Å²) in [6, 6.07) is 22.9. The molecule has 0 unspecified atom stereocenters. The lowest BCUT2D eigenvalue weighted by molar-refractivity contribution is -0.113. The first-order valence-corrected chi connectivity index (χ1v) is 12.2. The van der Waals surface area contributed by atoms with Gasteiger partial charge in [0.05, 0.1) is 11.4 Å². The largest absolute Gasteiger partial charge is 0.454 e. The molecule has 8 nitrogen and oxygen atoms in total. The number of carbonyl (C=O) groups is 1. The smallest absolute Gasteiger partial charge is 0.283 e. The average Bonchev–Trinajstić information content (AvgIpc) is 3.63. The molecule has 3 aromatic carbocycles. The molecule has 36 heavy (non-hydrogen) atoms. The van der Waals surface area contributed by atoms with Crippen LogP contribution in [0.5, 0.6) is 11.5 Å². The van der Waals surface area contributed by atoms with Gasteiger partial charge in [0.25, 0.3) is 5.91 Å². The normalized spacial score (nSPS) is 15.6. The van der Waals surface area contributed by atoms with Crippen molar-refractivity contribution in [1.29, 1.82) is 0 Å². The molecule has 0 fully saturated rings. The van der Waals surface area contributed by atoms with Crippen LogP contribution in [0.4, 0.5) is 5.69 Å². The van der Waals surface area contributed by atoms with Crippen LogP contribution >= 0.6 is 11.8 Å². The van der Waals surface area contributed by atoms with Crippen molar-refractivity contribution in [2.24, 2.45) is 4.99 Å². The zero-order valence-corrected chi connectivity index (χ0v) is 20.1. The Morgan fingerprint density at radius 2 is 1.81 bits per heavy atom. The third kappa shape index (κ3) is 4.36. The van der Waals surface area contributed by atoms with Gasteiger partial charge < -0.3 is 14.0 Å². The third-order valence-electron chi connectivity index (χ3n) is 5.65. The number of carbonyl (C=O) groups excluding carboxylic acids is 1. The Kier molecular flexibility index (Phi) is 5.74. The standard InChI is InChI=1S/C27H20N4O4S/c1-17-7-10-20(11-8-17)31-26(32)21(13-18-9-12-22-23(14-18)34-16-33-22)28-27(31)36-15-24-29-25(30-35-24)19-5-3-2-4-6-19/h2-14H,15-16H2,1H3/b21-13+. The van der Waals surface area contributed by atoms with E-state index in [1.54, 1.807) is 11.0 Å². The van der Waals surface area contributed by atoms with Gasteiger partial charge in [-0.3, -0.25) is 9.69 Å². The number of amidine groups is 1. The van der Waals surface area contributed by atoms with E-state index >= 15 is 0 Å². The summed E-state index contributed by atoms with van der Waals surface area (Å²) in [5, 5.41) is 4.62. The molecule has 1 amide bonds. The molecule has 6 rings (SSSR count). The first-order valence-electron chi connectivity index (χ1n) is 11.3. The predicted molar refractivity (Wildman–Crippen MR) is 138 cm³/mol. The average molecular weight is 497 g/mol. The fourth-order valence-electron chi connectivity index (χ4n) is 3.82. The van der Waals surface area contributed by atoms with Crippen molar-refractivity contribution in [2.75, 3.05) is 11.7 Å². The molecule has 2 aliphatic heterocycles. The molecule has 9 heteroatoms. The zero-order valence-electron chi connectivity index (χ0n) is 19.2. The van der Waals surface area contributed by atoms with E-state index in [0.717, 1.165) is 22.4 Å². The topological polar surface area (TPSA) is 90.1 Å². The van der Waals surface area contributed by atoms with Crippen molar-refractivity contribution in [3.63, 3.8) is 0 Å². The summed E-state index contributed by atoms with van der Waals surface area (Å²) in [4.78, 5) is 24.2. The summed E-state index contributed by atoms with van der Waals surface area (Å²) in [5.41, 5.74) is 3.84. The first-order chi connectivity index (χ1) is 17.6. The molecule has 0 radical (unpaired) electrons. The molecule has 0 saturated heterocycles. The number of hydrogen-bond acceptors (Lipinski definition) is 8. The number of aliphatic imine (C=N–C) groups is 1. The van der Waals surface area contributed by atoms with Crippen molar-refractivity contribution in [2.45, 2.75) is 12.7 Å². The molecular weight excluding hydrogens is 476 g/mol. The number of benzene rings is 3. The van der Waals surface area contributed by atoms with Crippen LogP contribution in [0.25, 0.3) is 17.5 Å². The number of rotatable bonds is 5. The van der Waals surface area contributed by atoms with E-state index in [1.165, 1.54) is 11.8 Å². The van der Waals surface area contributed by atoms with Crippen molar-refractivity contribution < 1.29 is 18.8 Å². The van der Waals surface area contributed by atoms with Crippen LogP contribution in [-0.2, 0) is 10.5 Å². The van der Waals surface area contributed by atoms with Crippen molar-refractivity contribution >= 4 is 34.6 Å². The van der Waals surface area contributed by atoms with Crippen molar-refractivity contribution in [3.8, 4) is 22.9 Å². The molecule has 0 aliphatic carbocycles. The molecule has 0 saturated carbocycles. The number of aryl methyl sites for hydroxylation is 1. The van der Waals surface area contributed by atoms with Crippen molar-refractivity contribution in [3.05, 3.63) is 95.5 Å². The molecule has 1 aromatic heterocycles. The van der Waals surface area contributed by atoms with E-state index < -0.39 is 0 Å². The minimum absolute atomic E-state index is 0.191. The molecule has 4 aromatic rings. The molecule has 2 aliphatic rings. The van der Waals surface area contributed by atoms with Gasteiger partial charge in [0.2, 0.25) is 18.5 Å². The van der Waals surface area contributed by atoms with Gasteiger partial charge in [0.1, 0.15) is 5.70 Å². The number of amides is 1. The highest BCUT2D eigenvalue weighted by molar-refractivity contribution is 8.13. The summed E-state index contributed by atoms with van der Waals surface area (Å²) in [6.07, 6.45) is 1.75. The van der Waals surface area contributed by atoms with Gasteiger partial charge in [0, 0.05) is 5.56 Å². The Bertz CT molecular complexity index is 1500. The number of hydrogen-bond donors (Lipinski definition) is 0. The summed E-state index contributed by atoms with van der Waals surface area (Å²) in [7, 11) is 0. The number of anilines is 1. The second-order valence-electron chi connectivity index (χ2n) is 8.18. The van der Waals surface area contributed by atoms with E-state index in [0.29, 0.717) is 39.8 Å². The Hall–Kier alpha value is -4.37. The van der Waals surface area contributed by atoms with Gasteiger partial charge in [-0.2, -0.15) is 4.98 Å². The van der Waals surface area contributed by atoms with Crippen LogP contribution in [0.15, 0.2) is 88.0 Å². The van der Waals surface area contributed by atoms with Crippen LogP contribution in [0, 0.1) is 6.92 Å². The quantitative estimate of drug-likeness (QED) is 0.339. The fourth-order valence-corrected chi connectivity index (χ4v) is 4.67. The second-order valence-corrected chi connectivity index (χ2v) is 9.12. The summed E-state index contributed by atoms with van der Waals surface area (Å²) >= 11 is 1.36. The van der Waals surface area contributed by atoms with Gasteiger partial charge in [-0.15, -0.1) is 0 Å². The van der Waals surface area contributed by atoms with Gasteiger partial charge in [0.15, 0.2) is 16.7 Å². The molecule has 0 bridgehead atoms. The first kappa shape index (κ1) is 22.1. The highest BCUT2D eigenvalue weighted by Crippen LogP contribution is 2.35. The number of fused-ring (bicyclic) bond motifs is 1. The Labute approximate surface area is 211 Å². The lowest BCUT2D eigenvalue weighted by Crippen LogP contribution is -2.30. The summed E-state index contributed by atoms with van der Waals surface area (Å²) in [6.45, 7) is 2.19. The van der Waals surface area contributed by atoms with Crippen LogP contribution in [0.1, 0.15) is 17.0 Å². The summed E-state index contributed by atoms with van der Waals surface area (Å²) in [5.74, 6) is 2.46. The fraction of sp³-hybridized carbons (Fsp3) is 0.111. The number of thioether (sulfide) groups is 1. The van der Waals surface area contributed by atoms with E-state index in [4.69, 9.17) is 14.0 Å². The highest BCUT2D eigenvalue weighted by atomic mass is 32.2. The molecule has 3 heterocycles. The lowest BCUT2D eigenvalue weighted by Gasteiger charge is -2.17. The van der Waals surface area contributed by atoms with Gasteiger partial charge in [-0.1, -0.05) is 71.0 Å². The van der Waals surface area contributed by atoms with E-state index in [1.807, 2.05) is 79.7 Å². The predicted octanol–water partition coefficient (Wildman–Crippen LogP) is 5.45. The maximum Gasteiger partial charge on any atom is 0.283 e. The Balaban J connectivity index is 1.28. The zero-order chi connectivity index (χ0) is 24.5. The van der Waals surface area contributed by atoms with Crippen LogP contribution in [-0.4, -0.2) is 28.0 Å². The van der Waals surface area contributed by atoms with Gasteiger partial charge in [-0.05, 0) is 42.8 Å². The van der Waals surface area contributed by atoms with E-state index in [2.05, 4.69) is 15.1 Å². The minimum Gasteiger partial charge on any atom is -0.454 e. The maximum atomic E-state index is 13.5. The van der Waals surface area contributed by atoms with Crippen LogP contribution < -0.4 is 14.4 Å². The van der Waals surface area contributed by atoms with E-state index in [-0.39, 0.29) is 12.7 Å². The molecule has 0 spiro atoms. The minimum atomic E-state index is -0.213. The van der Waals surface area contributed by atoms with Gasteiger partial charge >= 0.3 is 0 Å². The highest BCUT2D eigenvalue weighted by Gasteiger charge is 2.32. The molecule has 178 valence electrons. The van der Waals surface area contributed by atoms with Crippen LogP contribution in [0.3, 0.4) is 0 Å². The van der Waals surface area contributed by atoms with Crippen molar-refractivity contribution in [1.82, 2.24) is 10.1 Å². The molecular formula is C27H20N4O4S. The van der Waals surface area contributed by atoms with Crippen LogP contribution in [0.2, 0.25) is 0 Å². The SMILES string of the molecule is Cc1ccc(N2C(=O)/C(=C\c3ccc4c(c3)OCO4)N=C2SCc2nc(-c3ccccc3)no2)cc1. The lowest BCUT2D eigenvalue weighted by atomic mass is 10.1. The molecule has 0 atom stereocenters. The Morgan fingerprint density at radius 1 is 1.00 bits per heavy atom. The number of nitrogens with zero attached hydrogens (tertiary/aromatic N) is 4. The molecule has 0 N–H and O–H groups in total. The Morgan fingerprint density at radius 3 is 2.64 bits per heavy atom. The van der Waals surface area contributed by atoms with Gasteiger partial charge in [-0.25, -0.2) is 4.99 Å². The van der Waals surface area contributed by atoms with E-state index in [9.17, 15) is 4.79 Å². The maximum absolute atomic E-state index is 13.5. The number of aromatic nitrogens is 2. The third-order valence-corrected chi connectivity index (χ3v) is 6.57. The number of ether oxygens (including phenoxy) is 2. The monoisotopic (exact) mass is 496 g/mol.